The molecule has 5 rings (SSSR count). The molecule has 0 aromatic heterocycles. The van der Waals surface area contributed by atoms with Crippen LogP contribution in [0.4, 0.5) is 11.4 Å². The van der Waals surface area contributed by atoms with E-state index in [0.717, 1.165) is 34.0 Å². The number of carbonyl (C=O) groups is 2. The maximum absolute atomic E-state index is 13.6. The number of para-hydroxylation sites is 1. The first kappa shape index (κ1) is 20.8. The number of hydrogen-bond donors (Lipinski definition) is 0. The fourth-order valence-electron chi connectivity index (χ4n) is 4.52. The lowest BCUT2D eigenvalue weighted by atomic mass is 10.1. The summed E-state index contributed by atoms with van der Waals surface area (Å²) in [6.45, 7) is 3.47. The second-order valence-corrected chi connectivity index (χ2v) is 9.34. The lowest BCUT2D eigenvalue weighted by molar-refractivity contribution is 0.0629. The predicted octanol–water partition coefficient (Wildman–Crippen LogP) is 6.67. The number of amides is 2. The van der Waals surface area contributed by atoms with Crippen molar-refractivity contribution in [2.45, 2.75) is 48.9 Å². The number of imide groups is 1. The van der Waals surface area contributed by atoms with Crippen LogP contribution in [0.3, 0.4) is 0 Å². The maximum Gasteiger partial charge on any atom is 0.262 e. The summed E-state index contributed by atoms with van der Waals surface area (Å²) in [6.07, 6.45) is 4.72. The van der Waals surface area contributed by atoms with Crippen LogP contribution in [0.5, 0.6) is 0 Å². The number of carbonyl (C=O) groups excluding carboxylic acids is 2. The van der Waals surface area contributed by atoms with Crippen LogP contribution in [0.15, 0.2) is 76.5 Å². The summed E-state index contributed by atoms with van der Waals surface area (Å²) in [4.78, 5) is 32.3. The molecule has 0 saturated carbocycles. The Labute approximate surface area is 193 Å². The summed E-state index contributed by atoms with van der Waals surface area (Å²) >= 11 is 1.63. The minimum absolute atomic E-state index is 0.208. The molecule has 0 N–H and O–H groups in total. The Hall–Kier alpha value is -3.05. The number of anilines is 2. The zero-order valence-corrected chi connectivity index (χ0v) is 19.0. The molecular formula is C27H26N2O2S. The molecule has 2 heterocycles. The monoisotopic (exact) mass is 442 g/mol. The molecule has 3 aromatic carbocycles. The van der Waals surface area contributed by atoms with E-state index in [9.17, 15) is 9.59 Å². The van der Waals surface area contributed by atoms with Crippen molar-refractivity contribution in [1.82, 2.24) is 4.90 Å². The molecule has 0 bridgehead atoms. The van der Waals surface area contributed by atoms with Gasteiger partial charge >= 0.3 is 0 Å². The van der Waals surface area contributed by atoms with E-state index in [-0.39, 0.29) is 11.8 Å². The van der Waals surface area contributed by atoms with E-state index in [2.05, 4.69) is 36.1 Å². The normalized spacial score (nSPS) is 14.2. The molecule has 0 saturated heterocycles. The second kappa shape index (κ2) is 8.83. The third-order valence-electron chi connectivity index (χ3n) is 6.19. The molecule has 2 amide bonds. The summed E-state index contributed by atoms with van der Waals surface area (Å²) in [5, 5.41) is 0. The maximum atomic E-state index is 13.6. The highest BCUT2D eigenvalue weighted by molar-refractivity contribution is 7.99. The molecule has 5 heteroatoms. The van der Waals surface area contributed by atoms with Crippen LogP contribution in [0.2, 0.25) is 0 Å². The van der Waals surface area contributed by atoms with Crippen LogP contribution in [-0.2, 0) is 6.54 Å². The molecule has 2 aliphatic heterocycles. The summed E-state index contributed by atoms with van der Waals surface area (Å²) in [5.74, 6) is -0.429. The number of nitrogens with zero attached hydrogens (tertiary/aromatic N) is 2. The van der Waals surface area contributed by atoms with Crippen molar-refractivity contribution in [3.8, 4) is 0 Å². The fraction of sp³-hybridized carbons (Fsp3) is 0.259. The quantitative estimate of drug-likeness (QED) is 0.316. The van der Waals surface area contributed by atoms with Crippen molar-refractivity contribution in [3.63, 3.8) is 0 Å². The Bertz CT molecular complexity index is 1190. The van der Waals surface area contributed by atoms with Crippen LogP contribution in [0, 0.1) is 0 Å². The molecule has 162 valence electrons. The van der Waals surface area contributed by atoms with Gasteiger partial charge in [-0.3, -0.25) is 14.5 Å². The van der Waals surface area contributed by atoms with Gasteiger partial charge < -0.3 is 4.90 Å². The van der Waals surface area contributed by atoms with Gasteiger partial charge in [-0.25, -0.2) is 0 Å². The highest BCUT2D eigenvalue weighted by Gasteiger charge is 2.35. The van der Waals surface area contributed by atoms with E-state index < -0.39 is 0 Å². The van der Waals surface area contributed by atoms with Crippen LogP contribution in [-0.4, -0.2) is 23.3 Å². The summed E-state index contributed by atoms with van der Waals surface area (Å²) in [7, 11) is 0. The minimum Gasteiger partial charge on any atom is -0.340 e. The van der Waals surface area contributed by atoms with Crippen molar-refractivity contribution in [3.05, 3.63) is 83.4 Å². The number of unbranched alkanes of at least 4 members (excludes halogenated alkanes) is 3. The molecule has 0 fully saturated rings. The fourth-order valence-corrected chi connectivity index (χ4v) is 5.72. The summed E-state index contributed by atoms with van der Waals surface area (Å²) in [6, 6.07) is 21.7. The number of benzene rings is 3. The number of hydrogen-bond acceptors (Lipinski definition) is 4. The summed E-state index contributed by atoms with van der Waals surface area (Å²) in [5.41, 5.74) is 4.38. The molecule has 0 spiro atoms. The molecule has 3 aromatic rings. The Morgan fingerprint density at radius 3 is 2.53 bits per heavy atom. The first-order valence-electron chi connectivity index (χ1n) is 11.3. The number of fused-ring (bicyclic) bond motifs is 3. The van der Waals surface area contributed by atoms with Gasteiger partial charge in [0, 0.05) is 21.9 Å². The van der Waals surface area contributed by atoms with E-state index in [1.165, 1.54) is 29.8 Å². The Morgan fingerprint density at radius 1 is 0.906 bits per heavy atom. The van der Waals surface area contributed by atoms with Crippen molar-refractivity contribution in [2.75, 3.05) is 11.4 Å². The zero-order chi connectivity index (χ0) is 22.1. The predicted molar refractivity (Wildman–Crippen MR) is 129 cm³/mol. The zero-order valence-electron chi connectivity index (χ0n) is 18.2. The molecule has 0 aliphatic carbocycles. The molecule has 2 aliphatic rings. The SMILES string of the molecule is CCCCCCN1c2ccccc2Sc2c(C(=O)N3Cc4ccccc4C3=O)cccc21. The van der Waals surface area contributed by atoms with Crippen molar-refractivity contribution >= 4 is 35.0 Å². The molecular weight excluding hydrogens is 416 g/mol. The van der Waals surface area contributed by atoms with Crippen molar-refractivity contribution in [2.24, 2.45) is 0 Å². The van der Waals surface area contributed by atoms with Crippen LogP contribution in [0.1, 0.15) is 58.9 Å². The van der Waals surface area contributed by atoms with E-state index in [4.69, 9.17) is 0 Å². The largest absolute Gasteiger partial charge is 0.340 e. The van der Waals surface area contributed by atoms with E-state index in [1.807, 2.05) is 36.4 Å². The van der Waals surface area contributed by atoms with Gasteiger partial charge in [-0.1, -0.05) is 74.3 Å². The highest BCUT2D eigenvalue weighted by atomic mass is 32.2. The van der Waals surface area contributed by atoms with Gasteiger partial charge in [-0.15, -0.1) is 0 Å². The molecule has 4 nitrogen and oxygen atoms in total. The van der Waals surface area contributed by atoms with Gasteiger partial charge in [0.1, 0.15) is 0 Å². The van der Waals surface area contributed by atoms with Gasteiger partial charge in [0.2, 0.25) is 0 Å². The average molecular weight is 443 g/mol. The highest BCUT2D eigenvalue weighted by Crippen LogP contribution is 2.49. The molecule has 0 unspecified atom stereocenters. The Morgan fingerprint density at radius 2 is 1.69 bits per heavy atom. The molecule has 0 atom stereocenters. The van der Waals surface area contributed by atoms with Crippen LogP contribution in [0.25, 0.3) is 0 Å². The van der Waals surface area contributed by atoms with E-state index in [0.29, 0.717) is 17.7 Å². The van der Waals surface area contributed by atoms with Crippen LogP contribution >= 0.6 is 11.8 Å². The lowest BCUT2D eigenvalue weighted by Crippen LogP contribution is -2.32. The third-order valence-corrected chi connectivity index (χ3v) is 7.38. The van der Waals surface area contributed by atoms with Gasteiger partial charge in [0.05, 0.1) is 23.5 Å². The van der Waals surface area contributed by atoms with Gasteiger partial charge in [-0.2, -0.15) is 0 Å². The van der Waals surface area contributed by atoms with E-state index >= 15 is 0 Å². The topological polar surface area (TPSA) is 40.6 Å². The first-order valence-corrected chi connectivity index (χ1v) is 12.1. The van der Waals surface area contributed by atoms with Crippen molar-refractivity contribution in [1.29, 1.82) is 0 Å². The molecule has 32 heavy (non-hydrogen) atoms. The van der Waals surface area contributed by atoms with Gasteiger partial charge in [-0.05, 0) is 42.3 Å². The third kappa shape index (κ3) is 3.61. The summed E-state index contributed by atoms with van der Waals surface area (Å²) < 4.78 is 0. The minimum atomic E-state index is -0.221. The standard InChI is InChI=1S/C27H26N2O2S/c1-2-3-4-9-17-28-22-14-7-8-16-24(22)32-25-21(13-10-15-23(25)28)27(31)29-18-19-11-5-6-12-20(19)26(29)30/h5-8,10-16H,2-4,9,17-18H2,1H3. The lowest BCUT2D eigenvalue weighted by Gasteiger charge is -2.34. The van der Waals surface area contributed by atoms with Gasteiger partial charge in [0.15, 0.2) is 0 Å². The van der Waals surface area contributed by atoms with E-state index in [1.54, 1.807) is 17.8 Å². The number of rotatable bonds is 6. The van der Waals surface area contributed by atoms with Crippen molar-refractivity contribution < 1.29 is 9.59 Å². The smallest absolute Gasteiger partial charge is 0.262 e. The second-order valence-electron chi connectivity index (χ2n) is 8.29. The molecule has 0 radical (unpaired) electrons. The Balaban J connectivity index is 1.50. The Kier molecular flexibility index (Phi) is 5.75. The van der Waals surface area contributed by atoms with Gasteiger partial charge in [0.25, 0.3) is 11.8 Å². The van der Waals surface area contributed by atoms with Crippen LogP contribution < -0.4 is 4.90 Å². The first-order chi connectivity index (χ1) is 15.7. The average Bonchev–Trinajstić information content (AvgIpc) is 3.17.